The third-order valence-corrected chi connectivity index (χ3v) is 3.30. The van der Waals surface area contributed by atoms with Gasteiger partial charge < -0.3 is 10.4 Å². The Hall–Kier alpha value is -1.30. The molecule has 0 bridgehead atoms. The maximum Gasteiger partial charge on any atom is 0.278 e. The molecule has 1 aromatic heterocycles. The number of nitrogens with one attached hydrogen (secondary N) is 1. The number of aromatic nitrogens is 1. The number of hydrogen-bond acceptors (Lipinski definition) is 3. The Bertz CT molecular complexity index is 626. The van der Waals surface area contributed by atoms with E-state index in [-0.39, 0.29) is 27.2 Å². The first-order chi connectivity index (χ1) is 8.99. The predicted octanol–water partition coefficient (Wildman–Crippen LogP) is 4.11. The highest BCUT2D eigenvalue weighted by Gasteiger charge is 2.16. The van der Waals surface area contributed by atoms with E-state index in [1.807, 2.05) is 0 Å². The van der Waals surface area contributed by atoms with E-state index in [0.29, 0.717) is 4.47 Å². The Morgan fingerprint density at radius 2 is 1.95 bits per heavy atom. The summed E-state index contributed by atoms with van der Waals surface area (Å²) in [5, 5.41) is 12.6. The van der Waals surface area contributed by atoms with Gasteiger partial charge in [0.1, 0.15) is 5.75 Å². The summed E-state index contributed by atoms with van der Waals surface area (Å²) < 4.78 is 0.696. The number of nitrogens with zero attached hydrogens (tertiary/aromatic N) is 1. The molecular formula is C12H7BrCl2N2O2. The van der Waals surface area contributed by atoms with Crippen LogP contribution in [0.3, 0.4) is 0 Å². The molecule has 0 atom stereocenters. The molecule has 7 heteroatoms. The van der Waals surface area contributed by atoms with E-state index in [0.717, 1.165) is 0 Å². The molecule has 0 unspecified atom stereocenters. The van der Waals surface area contributed by atoms with Crippen molar-refractivity contribution in [2.45, 2.75) is 0 Å². The molecule has 1 amide bonds. The lowest BCUT2D eigenvalue weighted by atomic mass is 10.2. The van der Waals surface area contributed by atoms with Crippen molar-refractivity contribution in [1.82, 2.24) is 4.98 Å². The average molecular weight is 362 g/mol. The first-order valence-electron chi connectivity index (χ1n) is 5.09. The fourth-order valence-corrected chi connectivity index (χ4v) is 2.71. The van der Waals surface area contributed by atoms with E-state index in [2.05, 4.69) is 26.2 Å². The number of aromatic hydroxyl groups is 1. The highest BCUT2D eigenvalue weighted by atomic mass is 79.9. The number of pyridine rings is 1. The molecule has 1 aromatic carbocycles. The van der Waals surface area contributed by atoms with Gasteiger partial charge in [-0.25, -0.2) is 4.98 Å². The minimum atomic E-state index is -0.593. The van der Waals surface area contributed by atoms with Gasteiger partial charge in [-0.1, -0.05) is 39.1 Å². The third kappa shape index (κ3) is 3.18. The number of rotatable bonds is 2. The van der Waals surface area contributed by atoms with Crippen LogP contribution in [0.4, 0.5) is 5.69 Å². The number of carbonyl (C=O) groups excluding carboxylic acids is 1. The van der Waals surface area contributed by atoms with E-state index in [4.69, 9.17) is 23.2 Å². The Balaban J connectivity index is 2.32. The van der Waals surface area contributed by atoms with Crippen molar-refractivity contribution in [1.29, 1.82) is 0 Å². The highest BCUT2D eigenvalue weighted by Crippen LogP contribution is 2.34. The fourth-order valence-electron chi connectivity index (χ4n) is 1.41. The van der Waals surface area contributed by atoms with E-state index in [1.54, 1.807) is 12.1 Å². The van der Waals surface area contributed by atoms with Gasteiger partial charge in [0.25, 0.3) is 5.91 Å². The summed E-state index contributed by atoms with van der Waals surface area (Å²) >= 11 is 15.2. The van der Waals surface area contributed by atoms with Crippen LogP contribution in [-0.4, -0.2) is 16.0 Å². The molecule has 0 aliphatic heterocycles. The number of hydrogen-bond donors (Lipinski definition) is 2. The first kappa shape index (κ1) is 14.1. The van der Waals surface area contributed by atoms with Crippen LogP contribution in [0.1, 0.15) is 10.5 Å². The molecule has 0 saturated heterocycles. The molecule has 0 aliphatic rings. The summed E-state index contributed by atoms with van der Waals surface area (Å²) in [5.74, 6) is -0.812. The van der Waals surface area contributed by atoms with Gasteiger partial charge >= 0.3 is 0 Å². The molecule has 0 radical (unpaired) electrons. The number of benzene rings is 1. The summed E-state index contributed by atoms with van der Waals surface area (Å²) in [7, 11) is 0. The Morgan fingerprint density at radius 3 is 2.53 bits per heavy atom. The Morgan fingerprint density at radius 1 is 1.32 bits per heavy atom. The normalized spacial score (nSPS) is 10.3. The number of amides is 1. The third-order valence-electron chi connectivity index (χ3n) is 2.25. The van der Waals surface area contributed by atoms with Crippen LogP contribution in [0.5, 0.6) is 5.75 Å². The molecular weight excluding hydrogens is 355 g/mol. The molecule has 2 rings (SSSR count). The van der Waals surface area contributed by atoms with Gasteiger partial charge in [-0.2, -0.15) is 0 Å². The number of halogens is 3. The van der Waals surface area contributed by atoms with Crippen molar-refractivity contribution in [3.8, 4) is 5.75 Å². The minimum Gasteiger partial charge on any atom is -0.505 e. The van der Waals surface area contributed by atoms with Gasteiger partial charge in [-0.05, 0) is 24.3 Å². The molecule has 2 aromatic rings. The summed E-state index contributed by atoms with van der Waals surface area (Å²) in [4.78, 5) is 15.8. The van der Waals surface area contributed by atoms with Crippen LogP contribution in [0.2, 0.25) is 10.0 Å². The zero-order chi connectivity index (χ0) is 14.0. The average Bonchev–Trinajstić information content (AvgIpc) is 2.34. The van der Waals surface area contributed by atoms with Crippen molar-refractivity contribution >= 4 is 50.7 Å². The van der Waals surface area contributed by atoms with Crippen molar-refractivity contribution in [3.05, 3.63) is 50.7 Å². The van der Waals surface area contributed by atoms with Gasteiger partial charge in [0, 0.05) is 10.7 Å². The monoisotopic (exact) mass is 360 g/mol. The van der Waals surface area contributed by atoms with Crippen molar-refractivity contribution in [3.63, 3.8) is 0 Å². The van der Waals surface area contributed by atoms with Crippen LogP contribution in [0.25, 0.3) is 0 Å². The zero-order valence-corrected chi connectivity index (χ0v) is 12.4. The molecule has 19 heavy (non-hydrogen) atoms. The summed E-state index contributed by atoms with van der Waals surface area (Å²) in [6.45, 7) is 0. The van der Waals surface area contributed by atoms with Crippen molar-refractivity contribution in [2.24, 2.45) is 0 Å². The van der Waals surface area contributed by atoms with Crippen LogP contribution >= 0.6 is 39.1 Å². The molecule has 0 spiro atoms. The van der Waals surface area contributed by atoms with E-state index >= 15 is 0 Å². The second-order valence-electron chi connectivity index (χ2n) is 3.57. The minimum absolute atomic E-state index is 0.0995. The van der Waals surface area contributed by atoms with Gasteiger partial charge in [0.2, 0.25) is 0 Å². The van der Waals surface area contributed by atoms with E-state index in [9.17, 15) is 9.90 Å². The largest absolute Gasteiger partial charge is 0.505 e. The summed E-state index contributed by atoms with van der Waals surface area (Å²) in [6, 6.07) is 6.08. The second kappa shape index (κ2) is 5.77. The fraction of sp³-hybridized carbons (Fsp3) is 0. The van der Waals surface area contributed by atoms with Gasteiger partial charge in [-0.15, -0.1) is 0 Å². The number of anilines is 1. The smallest absolute Gasteiger partial charge is 0.278 e. The summed E-state index contributed by atoms with van der Waals surface area (Å²) in [6.07, 6.45) is 1.40. The van der Waals surface area contributed by atoms with Crippen LogP contribution < -0.4 is 5.32 Å². The van der Waals surface area contributed by atoms with Crippen LogP contribution in [0, 0.1) is 0 Å². The maximum atomic E-state index is 12.0. The summed E-state index contributed by atoms with van der Waals surface area (Å²) in [5.41, 5.74) is 0.166. The van der Waals surface area contributed by atoms with Crippen LogP contribution in [0.15, 0.2) is 34.9 Å². The molecule has 0 saturated carbocycles. The van der Waals surface area contributed by atoms with Crippen molar-refractivity contribution < 1.29 is 9.90 Å². The topological polar surface area (TPSA) is 62.2 Å². The molecule has 0 fully saturated rings. The Kier molecular flexibility index (Phi) is 4.29. The van der Waals surface area contributed by atoms with E-state index < -0.39 is 5.91 Å². The molecule has 1 heterocycles. The predicted molar refractivity (Wildman–Crippen MR) is 78.0 cm³/mol. The standard InChI is InChI=1S/C12H7BrCl2N2O2/c13-6-4-7(14)10(8(15)5-6)17-12(19)11-9(18)2-1-3-16-11/h1-5,18H,(H,17,19). The molecule has 2 N–H and O–H groups in total. The lowest BCUT2D eigenvalue weighted by molar-refractivity contribution is 0.101. The first-order valence-corrected chi connectivity index (χ1v) is 6.64. The number of carbonyl (C=O) groups is 1. The van der Waals surface area contributed by atoms with Crippen molar-refractivity contribution in [2.75, 3.05) is 5.32 Å². The van der Waals surface area contributed by atoms with E-state index in [1.165, 1.54) is 18.3 Å². The van der Waals surface area contributed by atoms with Gasteiger partial charge in [-0.3, -0.25) is 4.79 Å². The zero-order valence-electron chi connectivity index (χ0n) is 9.32. The quantitative estimate of drug-likeness (QED) is 0.846. The highest BCUT2D eigenvalue weighted by molar-refractivity contribution is 9.10. The van der Waals surface area contributed by atoms with Gasteiger partial charge in [0.05, 0.1) is 15.7 Å². The molecule has 0 aliphatic carbocycles. The SMILES string of the molecule is O=C(Nc1c(Cl)cc(Br)cc1Cl)c1ncccc1O. The molecule has 98 valence electrons. The lowest BCUT2D eigenvalue weighted by Gasteiger charge is -2.10. The second-order valence-corrected chi connectivity index (χ2v) is 5.30. The van der Waals surface area contributed by atoms with Crippen LogP contribution in [-0.2, 0) is 0 Å². The molecule has 4 nitrogen and oxygen atoms in total. The Labute approximate surface area is 127 Å². The maximum absolute atomic E-state index is 12.0. The lowest BCUT2D eigenvalue weighted by Crippen LogP contribution is -2.14. The van der Waals surface area contributed by atoms with Gasteiger partial charge in [0.15, 0.2) is 5.69 Å².